The average molecular weight is 269 g/mol. The molecular weight excluding hydrogens is 254 g/mol. The number of carbonyl (C=O) groups is 1. The van der Waals surface area contributed by atoms with Crippen molar-refractivity contribution in [3.05, 3.63) is 48.2 Å². The quantitative estimate of drug-likeness (QED) is 0.749. The predicted octanol–water partition coefficient (Wildman–Crippen LogP) is 1.27. The minimum atomic E-state index is -0.159. The fourth-order valence-corrected chi connectivity index (χ4v) is 2.19. The van der Waals surface area contributed by atoms with Crippen LogP contribution in [0.2, 0.25) is 0 Å². The highest BCUT2D eigenvalue weighted by Gasteiger charge is 2.14. The lowest BCUT2D eigenvalue weighted by molar-refractivity contribution is 0.0950. The normalized spacial score (nSPS) is 10.8. The number of hydrogen-bond donors (Lipinski definition) is 2. The number of imidazole rings is 1. The zero-order valence-corrected chi connectivity index (χ0v) is 11.1. The molecule has 0 atom stereocenters. The van der Waals surface area contributed by atoms with E-state index < -0.39 is 0 Å². The van der Waals surface area contributed by atoms with Crippen molar-refractivity contribution in [3.8, 4) is 0 Å². The first-order valence-corrected chi connectivity index (χ1v) is 6.44. The van der Waals surface area contributed by atoms with Crippen LogP contribution in [0.15, 0.2) is 36.7 Å². The van der Waals surface area contributed by atoms with Gasteiger partial charge < -0.3 is 10.3 Å². The summed E-state index contributed by atoms with van der Waals surface area (Å²) >= 11 is 0. The minimum Gasteiger partial charge on any atom is -0.350 e. The van der Waals surface area contributed by atoms with E-state index in [-0.39, 0.29) is 5.91 Å². The van der Waals surface area contributed by atoms with Crippen molar-refractivity contribution in [2.75, 3.05) is 6.54 Å². The van der Waals surface area contributed by atoms with E-state index in [1.807, 2.05) is 31.3 Å². The Labute approximate surface area is 115 Å². The molecule has 1 aromatic carbocycles. The Morgan fingerprint density at radius 3 is 3.05 bits per heavy atom. The molecule has 0 saturated heterocycles. The minimum absolute atomic E-state index is 0.159. The molecular formula is C14H15N5O. The van der Waals surface area contributed by atoms with E-state index in [2.05, 4.69) is 20.4 Å². The van der Waals surface area contributed by atoms with E-state index in [0.29, 0.717) is 18.7 Å². The van der Waals surface area contributed by atoms with Crippen LogP contribution < -0.4 is 5.32 Å². The van der Waals surface area contributed by atoms with Crippen LogP contribution in [0.25, 0.3) is 10.9 Å². The maximum Gasteiger partial charge on any atom is 0.272 e. The largest absolute Gasteiger partial charge is 0.350 e. The van der Waals surface area contributed by atoms with Crippen LogP contribution in [-0.2, 0) is 13.5 Å². The summed E-state index contributed by atoms with van der Waals surface area (Å²) in [6, 6.07) is 7.69. The summed E-state index contributed by atoms with van der Waals surface area (Å²) in [5, 5.41) is 8.02. The SMILES string of the molecule is Cn1nc(C(=O)NCCc2ncc[nH]2)c2ccccc21. The first-order chi connectivity index (χ1) is 9.75. The lowest BCUT2D eigenvalue weighted by Gasteiger charge is -2.01. The monoisotopic (exact) mass is 269 g/mol. The maximum absolute atomic E-state index is 12.2. The summed E-state index contributed by atoms with van der Waals surface area (Å²) in [6.07, 6.45) is 4.14. The van der Waals surface area contributed by atoms with E-state index in [4.69, 9.17) is 0 Å². The number of nitrogens with one attached hydrogen (secondary N) is 2. The number of hydrogen-bond acceptors (Lipinski definition) is 3. The molecule has 2 aromatic heterocycles. The van der Waals surface area contributed by atoms with Gasteiger partial charge in [-0.05, 0) is 6.07 Å². The molecule has 3 rings (SSSR count). The van der Waals surface area contributed by atoms with Crippen LogP contribution in [0.3, 0.4) is 0 Å². The predicted molar refractivity (Wildman–Crippen MR) is 75.3 cm³/mol. The number of nitrogens with zero attached hydrogens (tertiary/aromatic N) is 3. The first-order valence-electron chi connectivity index (χ1n) is 6.44. The zero-order valence-electron chi connectivity index (χ0n) is 11.1. The third-order valence-electron chi connectivity index (χ3n) is 3.18. The Kier molecular flexibility index (Phi) is 3.20. The van der Waals surface area contributed by atoms with Crippen LogP contribution >= 0.6 is 0 Å². The van der Waals surface area contributed by atoms with E-state index in [1.165, 1.54) is 0 Å². The lowest BCUT2D eigenvalue weighted by Crippen LogP contribution is -2.26. The number of rotatable bonds is 4. The second-order valence-corrected chi connectivity index (χ2v) is 4.53. The van der Waals surface area contributed by atoms with Gasteiger partial charge >= 0.3 is 0 Å². The van der Waals surface area contributed by atoms with Crippen LogP contribution in [0.4, 0.5) is 0 Å². The molecule has 6 nitrogen and oxygen atoms in total. The summed E-state index contributed by atoms with van der Waals surface area (Å²) in [6.45, 7) is 0.525. The van der Waals surface area contributed by atoms with Crippen LogP contribution in [-0.4, -0.2) is 32.2 Å². The summed E-state index contributed by atoms with van der Waals surface area (Å²) in [5.41, 5.74) is 1.41. The van der Waals surface area contributed by atoms with Crippen molar-refractivity contribution in [2.45, 2.75) is 6.42 Å². The van der Waals surface area contributed by atoms with Crippen molar-refractivity contribution in [2.24, 2.45) is 7.05 Å². The smallest absolute Gasteiger partial charge is 0.272 e. The Morgan fingerprint density at radius 2 is 2.25 bits per heavy atom. The Hall–Kier alpha value is -2.63. The number of aromatic nitrogens is 4. The molecule has 0 unspecified atom stereocenters. The van der Waals surface area contributed by atoms with Crippen LogP contribution in [0.1, 0.15) is 16.3 Å². The molecule has 0 aliphatic heterocycles. The summed E-state index contributed by atoms with van der Waals surface area (Å²) in [4.78, 5) is 19.3. The third-order valence-corrected chi connectivity index (χ3v) is 3.18. The van der Waals surface area contributed by atoms with Crippen LogP contribution in [0, 0.1) is 0 Å². The van der Waals surface area contributed by atoms with Gasteiger partial charge in [-0.1, -0.05) is 18.2 Å². The fraction of sp³-hybridized carbons (Fsp3) is 0.214. The summed E-state index contributed by atoms with van der Waals surface area (Å²) in [7, 11) is 1.84. The molecule has 2 N–H and O–H groups in total. The molecule has 20 heavy (non-hydrogen) atoms. The lowest BCUT2D eigenvalue weighted by atomic mass is 10.2. The van der Waals surface area contributed by atoms with Crippen molar-refractivity contribution >= 4 is 16.8 Å². The maximum atomic E-state index is 12.2. The molecule has 1 amide bonds. The van der Waals surface area contributed by atoms with Crippen molar-refractivity contribution < 1.29 is 4.79 Å². The molecule has 0 aliphatic carbocycles. The van der Waals surface area contributed by atoms with Crippen molar-refractivity contribution in [3.63, 3.8) is 0 Å². The topological polar surface area (TPSA) is 75.6 Å². The number of benzene rings is 1. The van der Waals surface area contributed by atoms with E-state index in [0.717, 1.165) is 16.7 Å². The van der Waals surface area contributed by atoms with Crippen molar-refractivity contribution in [1.29, 1.82) is 0 Å². The molecule has 0 spiro atoms. The van der Waals surface area contributed by atoms with Crippen LogP contribution in [0.5, 0.6) is 0 Å². The molecule has 0 bridgehead atoms. The van der Waals surface area contributed by atoms with Gasteiger partial charge in [0.05, 0.1) is 5.52 Å². The highest BCUT2D eigenvalue weighted by atomic mass is 16.1. The second-order valence-electron chi connectivity index (χ2n) is 4.53. The van der Waals surface area contributed by atoms with Gasteiger partial charge in [-0.3, -0.25) is 9.48 Å². The molecule has 0 fully saturated rings. The molecule has 6 heteroatoms. The fourth-order valence-electron chi connectivity index (χ4n) is 2.19. The van der Waals surface area contributed by atoms with Gasteiger partial charge in [-0.25, -0.2) is 4.98 Å². The number of carbonyl (C=O) groups excluding carboxylic acids is 1. The van der Waals surface area contributed by atoms with E-state index in [1.54, 1.807) is 17.1 Å². The van der Waals surface area contributed by atoms with Crippen molar-refractivity contribution in [1.82, 2.24) is 25.1 Å². The average Bonchev–Trinajstić information content (AvgIpc) is 3.08. The second kappa shape index (κ2) is 5.16. The molecule has 102 valence electrons. The summed E-state index contributed by atoms with van der Waals surface area (Å²) in [5.74, 6) is 0.699. The number of para-hydroxylation sites is 1. The Balaban J connectivity index is 1.72. The molecule has 0 saturated carbocycles. The van der Waals surface area contributed by atoms with Gasteiger partial charge in [-0.2, -0.15) is 5.10 Å². The van der Waals surface area contributed by atoms with Gasteiger partial charge in [-0.15, -0.1) is 0 Å². The number of fused-ring (bicyclic) bond motifs is 1. The highest BCUT2D eigenvalue weighted by Crippen LogP contribution is 2.17. The third kappa shape index (κ3) is 2.27. The highest BCUT2D eigenvalue weighted by molar-refractivity contribution is 6.04. The van der Waals surface area contributed by atoms with Gasteiger partial charge in [0.2, 0.25) is 0 Å². The molecule has 0 aliphatic rings. The van der Waals surface area contributed by atoms with Gasteiger partial charge in [0.1, 0.15) is 5.82 Å². The van der Waals surface area contributed by atoms with Gasteiger partial charge in [0.25, 0.3) is 5.91 Å². The Bertz CT molecular complexity index is 729. The molecule has 3 aromatic rings. The zero-order chi connectivity index (χ0) is 13.9. The number of amides is 1. The number of H-pyrrole nitrogens is 1. The Morgan fingerprint density at radius 1 is 1.40 bits per heavy atom. The molecule has 0 radical (unpaired) electrons. The first kappa shape index (κ1) is 12.4. The number of aryl methyl sites for hydroxylation is 1. The number of aromatic amines is 1. The molecule has 2 heterocycles. The van der Waals surface area contributed by atoms with Gasteiger partial charge in [0, 0.05) is 37.8 Å². The van der Waals surface area contributed by atoms with E-state index >= 15 is 0 Å². The van der Waals surface area contributed by atoms with Gasteiger partial charge in [0.15, 0.2) is 5.69 Å². The standard InChI is InChI=1S/C14H15N5O/c1-19-11-5-3-2-4-10(11)13(18-19)14(20)17-7-6-12-15-8-9-16-12/h2-5,8-9H,6-7H2,1H3,(H,15,16)(H,17,20). The summed E-state index contributed by atoms with van der Waals surface area (Å²) < 4.78 is 1.72. The van der Waals surface area contributed by atoms with E-state index in [9.17, 15) is 4.79 Å².